The molecule has 2 aromatic carbocycles. The predicted octanol–water partition coefficient (Wildman–Crippen LogP) is 5.31. The topological polar surface area (TPSA) is 26.0 Å². The molecule has 0 aliphatic heterocycles. The van der Waals surface area contributed by atoms with E-state index < -0.39 is 0 Å². The molecule has 1 atom stereocenters. The minimum absolute atomic E-state index is 0.0521. The third-order valence-electron chi connectivity index (χ3n) is 2.74. The van der Waals surface area contributed by atoms with Crippen molar-refractivity contribution >= 4 is 46.6 Å². The van der Waals surface area contributed by atoms with Gasteiger partial charge < -0.3 is 5.73 Å². The monoisotopic (exact) mass is 345 g/mol. The highest BCUT2D eigenvalue weighted by Gasteiger charge is 2.07. The molecule has 0 aliphatic carbocycles. The molecular weight excluding hydrogens is 333 g/mol. The van der Waals surface area contributed by atoms with E-state index >= 15 is 0 Å². The number of nitrogens with two attached hydrogens (primary N) is 1. The maximum absolute atomic E-state index is 6.15. The van der Waals surface area contributed by atoms with Crippen molar-refractivity contribution in [3.05, 3.63) is 63.1 Å². The first-order valence-electron chi connectivity index (χ1n) is 6.12. The quantitative estimate of drug-likeness (QED) is 0.743. The van der Waals surface area contributed by atoms with Crippen molar-refractivity contribution in [1.82, 2.24) is 0 Å². The van der Waals surface area contributed by atoms with E-state index in [-0.39, 0.29) is 6.04 Å². The molecule has 0 bridgehead atoms. The Bertz CT molecular complexity index is 589. The Morgan fingerprint density at radius 1 is 1.00 bits per heavy atom. The van der Waals surface area contributed by atoms with Crippen molar-refractivity contribution < 1.29 is 0 Å². The lowest BCUT2D eigenvalue weighted by molar-refractivity contribution is 0.749. The van der Waals surface area contributed by atoms with Crippen LogP contribution in [0.1, 0.15) is 5.56 Å². The predicted molar refractivity (Wildman–Crippen MR) is 90.3 cm³/mol. The van der Waals surface area contributed by atoms with Crippen LogP contribution in [0.15, 0.2) is 47.4 Å². The number of benzene rings is 2. The van der Waals surface area contributed by atoms with E-state index in [1.165, 1.54) is 0 Å². The third kappa shape index (κ3) is 4.87. The molecule has 0 amide bonds. The Kier molecular flexibility index (Phi) is 6.06. The van der Waals surface area contributed by atoms with E-state index in [2.05, 4.69) is 0 Å². The Morgan fingerprint density at radius 2 is 1.80 bits per heavy atom. The minimum atomic E-state index is 0.0521. The van der Waals surface area contributed by atoms with Gasteiger partial charge in [-0.2, -0.15) is 0 Å². The molecule has 5 heteroatoms. The second kappa shape index (κ2) is 7.58. The summed E-state index contributed by atoms with van der Waals surface area (Å²) in [4.78, 5) is 1.13. The summed E-state index contributed by atoms with van der Waals surface area (Å²) in [6.07, 6.45) is 0.768. The Labute approximate surface area is 138 Å². The smallest absolute Gasteiger partial charge is 0.0595 e. The molecule has 0 radical (unpaired) electrons. The van der Waals surface area contributed by atoms with E-state index in [0.717, 1.165) is 27.7 Å². The van der Waals surface area contributed by atoms with Crippen LogP contribution >= 0.6 is 46.6 Å². The van der Waals surface area contributed by atoms with Crippen molar-refractivity contribution in [1.29, 1.82) is 0 Å². The highest BCUT2D eigenvalue weighted by Crippen LogP contribution is 2.25. The fraction of sp³-hybridized carbons (Fsp3) is 0.200. The molecule has 2 aromatic rings. The lowest BCUT2D eigenvalue weighted by Crippen LogP contribution is -2.25. The molecule has 0 fully saturated rings. The average Bonchev–Trinajstić information content (AvgIpc) is 2.41. The van der Waals surface area contributed by atoms with Crippen LogP contribution in [0, 0.1) is 0 Å². The van der Waals surface area contributed by atoms with Crippen molar-refractivity contribution in [3.63, 3.8) is 0 Å². The first-order chi connectivity index (χ1) is 9.54. The maximum atomic E-state index is 6.15. The third-order valence-corrected chi connectivity index (χ3v) is 4.90. The van der Waals surface area contributed by atoms with Crippen LogP contribution in [0.25, 0.3) is 0 Å². The molecule has 0 aliphatic rings. The lowest BCUT2D eigenvalue weighted by atomic mass is 10.1. The van der Waals surface area contributed by atoms with Gasteiger partial charge in [-0.15, -0.1) is 11.8 Å². The highest BCUT2D eigenvalue weighted by atomic mass is 35.5. The van der Waals surface area contributed by atoms with Gasteiger partial charge >= 0.3 is 0 Å². The standard InChI is InChI=1S/C15H14Cl3NS/c16-11-2-1-3-13(8-11)20-9-12(19)6-10-4-5-14(17)15(18)7-10/h1-5,7-8,12H,6,9,19H2. The van der Waals surface area contributed by atoms with E-state index in [1.807, 2.05) is 36.4 Å². The number of thioether (sulfide) groups is 1. The Balaban J connectivity index is 1.89. The van der Waals surface area contributed by atoms with Crippen LogP contribution in [0.5, 0.6) is 0 Å². The van der Waals surface area contributed by atoms with Crippen LogP contribution in [-0.4, -0.2) is 11.8 Å². The zero-order valence-corrected chi connectivity index (χ0v) is 13.7. The second-order valence-electron chi connectivity index (χ2n) is 4.48. The van der Waals surface area contributed by atoms with Gasteiger partial charge in [0.05, 0.1) is 10.0 Å². The molecule has 2 N–H and O–H groups in total. The van der Waals surface area contributed by atoms with Crippen LogP contribution in [0.2, 0.25) is 15.1 Å². The number of halogens is 3. The van der Waals surface area contributed by atoms with Crippen LogP contribution < -0.4 is 5.73 Å². The van der Waals surface area contributed by atoms with Crippen LogP contribution in [0.3, 0.4) is 0 Å². The molecular formula is C15H14Cl3NS. The van der Waals surface area contributed by atoms with Gasteiger partial charge in [-0.05, 0) is 42.3 Å². The van der Waals surface area contributed by atoms with Gasteiger partial charge in [-0.1, -0.05) is 46.9 Å². The average molecular weight is 347 g/mol. The van der Waals surface area contributed by atoms with E-state index in [1.54, 1.807) is 17.8 Å². The summed E-state index contributed by atoms with van der Waals surface area (Å²) in [5.74, 6) is 0.820. The van der Waals surface area contributed by atoms with Crippen LogP contribution in [0.4, 0.5) is 0 Å². The molecule has 1 unspecified atom stereocenters. The Morgan fingerprint density at radius 3 is 2.50 bits per heavy atom. The summed E-state index contributed by atoms with van der Waals surface area (Å²) in [7, 11) is 0. The fourth-order valence-electron chi connectivity index (χ4n) is 1.79. The van der Waals surface area contributed by atoms with Crippen LogP contribution in [-0.2, 0) is 6.42 Å². The summed E-state index contributed by atoms with van der Waals surface area (Å²) in [5.41, 5.74) is 7.25. The summed E-state index contributed by atoms with van der Waals surface area (Å²) >= 11 is 19.5. The molecule has 2 rings (SSSR count). The summed E-state index contributed by atoms with van der Waals surface area (Å²) in [6.45, 7) is 0. The fourth-order valence-corrected chi connectivity index (χ4v) is 3.27. The van der Waals surface area contributed by atoms with Gasteiger partial charge in [-0.25, -0.2) is 0 Å². The molecule has 1 nitrogen and oxygen atoms in total. The van der Waals surface area contributed by atoms with E-state index in [0.29, 0.717) is 10.0 Å². The maximum Gasteiger partial charge on any atom is 0.0595 e. The van der Waals surface area contributed by atoms with Crippen molar-refractivity contribution in [2.45, 2.75) is 17.4 Å². The van der Waals surface area contributed by atoms with Crippen molar-refractivity contribution in [2.24, 2.45) is 5.73 Å². The zero-order chi connectivity index (χ0) is 14.5. The largest absolute Gasteiger partial charge is 0.327 e. The normalized spacial score (nSPS) is 12.4. The summed E-state index contributed by atoms with van der Waals surface area (Å²) in [6, 6.07) is 13.5. The van der Waals surface area contributed by atoms with Gasteiger partial charge in [-0.3, -0.25) is 0 Å². The zero-order valence-electron chi connectivity index (χ0n) is 10.7. The molecule has 0 saturated heterocycles. The van der Waals surface area contributed by atoms with Crippen molar-refractivity contribution in [2.75, 3.05) is 5.75 Å². The first kappa shape index (κ1) is 16.0. The highest BCUT2D eigenvalue weighted by molar-refractivity contribution is 7.99. The van der Waals surface area contributed by atoms with Gasteiger partial charge in [0.2, 0.25) is 0 Å². The van der Waals surface area contributed by atoms with Gasteiger partial charge in [0.1, 0.15) is 0 Å². The number of rotatable bonds is 5. The molecule has 106 valence electrons. The SMILES string of the molecule is NC(CSc1cccc(Cl)c1)Cc1ccc(Cl)c(Cl)c1. The van der Waals surface area contributed by atoms with Gasteiger partial charge in [0.15, 0.2) is 0 Å². The molecule has 0 saturated carbocycles. The Hall–Kier alpha value is -0.380. The van der Waals surface area contributed by atoms with Gasteiger partial charge in [0, 0.05) is 21.7 Å². The minimum Gasteiger partial charge on any atom is -0.327 e. The lowest BCUT2D eigenvalue weighted by Gasteiger charge is -2.12. The number of hydrogen-bond acceptors (Lipinski definition) is 2. The molecule has 20 heavy (non-hydrogen) atoms. The molecule has 0 heterocycles. The van der Waals surface area contributed by atoms with E-state index in [4.69, 9.17) is 40.5 Å². The van der Waals surface area contributed by atoms with E-state index in [9.17, 15) is 0 Å². The van der Waals surface area contributed by atoms with Crippen molar-refractivity contribution in [3.8, 4) is 0 Å². The molecule has 0 spiro atoms. The molecule has 0 aromatic heterocycles. The summed E-state index contributed by atoms with van der Waals surface area (Å²) in [5, 5.41) is 1.88. The second-order valence-corrected chi connectivity index (χ2v) is 6.83. The number of hydrogen-bond donors (Lipinski definition) is 1. The van der Waals surface area contributed by atoms with Gasteiger partial charge in [0.25, 0.3) is 0 Å². The summed E-state index contributed by atoms with van der Waals surface area (Å²) < 4.78 is 0. The first-order valence-corrected chi connectivity index (χ1v) is 8.24.